The summed E-state index contributed by atoms with van der Waals surface area (Å²) in [7, 11) is 3.00. The van der Waals surface area contributed by atoms with E-state index < -0.39 is 0 Å². The third-order valence-corrected chi connectivity index (χ3v) is 4.08. The quantitative estimate of drug-likeness (QED) is 0.702. The summed E-state index contributed by atoms with van der Waals surface area (Å²) in [5, 5.41) is 4.68. The lowest BCUT2D eigenvalue weighted by Crippen LogP contribution is -2.13. The molecule has 124 valence electrons. The highest BCUT2D eigenvalue weighted by molar-refractivity contribution is 6.32. The zero-order valence-corrected chi connectivity index (χ0v) is 14.5. The van der Waals surface area contributed by atoms with Crippen LogP contribution >= 0.6 is 23.2 Å². The molecule has 1 heterocycles. The summed E-state index contributed by atoms with van der Waals surface area (Å²) in [6, 6.07) is 10.3. The summed E-state index contributed by atoms with van der Waals surface area (Å²) < 4.78 is 10.4. The van der Waals surface area contributed by atoms with Crippen molar-refractivity contribution >= 4 is 45.7 Å². The van der Waals surface area contributed by atoms with Gasteiger partial charge in [0.1, 0.15) is 17.2 Å². The summed E-state index contributed by atoms with van der Waals surface area (Å²) >= 11 is 12.0. The lowest BCUT2D eigenvalue weighted by atomic mass is 10.2. The fourth-order valence-corrected chi connectivity index (χ4v) is 2.77. The smallest absolute Gasteiger partial charge is 0.272 e. The molecule has 2 N–H and O–H groups in total. The summed E-state index contributed by atoms with van der Waals surface area (Å²) in [6.07, 6.45) is 0. The Morgan fingerprint density at radius 1 is 1.04 bits per heavy atom. The number of hydrogen-bond donors (Lipinski definition) is 2. The zero-order valence-electron chi connectivity index (χ0n) is 12.9. The molecule has 0 bridgehead atoms. The normalized spacial score (nSPS) is 10.7. The Kier molecular flexibility index (Phi) is 4.55. The Morgan fingerprint density at radius 3 is 2.50 bits per heavy atom. The Balaban J connectivity index is 1.93. The van der Waals surface area contributed by atoms with Crippen molar-refractivity contribution in [2.75, 3.05) is 19.5 Å². The minimum atomic E-state index is -0.315. The van der Waals surface area contributed by atoms with E-state index in [9.17, 15) is 4.79 Å². The predicted molar refractivity (Wildman–Crippen MR) is 95.8 cm³/mol. The molecule has 24 heavy (non-hydrogen) atoms. The van der Waals surface area contributed by atoms with E-state index >= 15 is 0 Å². The number of rotatable bonds is 4. The molecule has 0 atom stereocenters. The number of benzene rings is 2. The Bertz CT molecular complexity index is 922. The van der Waals surface area contributed by atoms with Gasteiger partial charge >= 0.3 is 0 Å². The molecule has 0 saturated carbocycles. The number of nitrogens with one attached hydrogen (secondary N) is 2. The van der Waals surface area contributed by atoms with Gasteiger partial charge < -0.3 is 19.8 Å². The molecule has 0 aliphatic heterocycles. The third-order valence-electron chi connectivity index (χ3n) is 3.55. The predicted octanol–water partition coefficient (Wildman–Crippen LogP) is 4.74. The molecule has 1 aromatic heterocycles. The molecule has 0 unspecified atom stereocenters. The van der Waals surface area contributed by atoms with Crippen LogP contribution in [0.15, 0.2) is 36.4 Å². The van der Waals surface area contributed by atoms with Crippen LogP contribution in [0.4, 0.5) is 5.69 Å². The van der Waals surface area contributed by atoms with E-state index in [2.05, 4.69) is 10.3 Å². The van der Waals surface area contributed by atoms with Crippen molar-refractivity contribution in [3.05, 3.63) is 52.1 Å². The number of carbonyl (C=O) groups excluding carboxylic acids is 1. The summed E-state index contributed by atoms with van der Waals surface area (Å²) in [6.45, 7) is 0. The van der Waals surface area contributed by atoms with Crippen LogP contribution < -0.4 is 14.8 Å². The molecule has 7 heteroatoms. The van der Waals surface area contributed by atoms with Crippen LogP contribution in [0.3, 0.4) is 0 Å². The van der Waals surface area contributed by atoms with Crippen LogP contribution in [-0.4, -0.2) is 25.1 Å². The van der Waals surface area contributed by atoms with Crippen molar-refractivity contribution in [2.24, 2.45) is 0 Å². The van der Waals surface area contributed by atoms with Crippen LogP contribution in [0.5, 0.6) is 11.5 Å². The zero-order chi connectivity index (χ0) is 17.3. The number of aromatic amines is 1. The van der Waals surface area contributed by atoms with Gasteiger partial charge in [-0.15, -0.1) is 0 Å². The van der Waals surface area contributed by atoms with Crippen molar-refractivity contribution in [2.45, 2.75) is 0 Å². The van der Waals surface area contributed by atoms with Crippen LogP contribution in [0.25, 0.3) is 10.9 Å². The first-order valence-electron chi connectivity index (χ1n) is 7.03. The minimum absolute atomic E-state index is 0.315. The minimum Gasteiger partial charge on any atom is -0.495 e. The second-order valence-corrected chi connectivity index (χ2v) is 5.90. The second kappa shape index (κ2) is 6.63. The van der Waals surface area contributed by atoms with Crippen molar-refractivity contribution < 1.29 is 14.3 Å². The molecular formula is C17H14Cl2N2O3. The largest absolute Gasteiger partial charge is 0.495 e. The lowest BCUT2D eigenvalue weighted by Gasteiger charge is -2.12. The van der Waals surface area contributed by atoms with E-state index in [0.717, 1.165) is 10.9 Å². The Labute approximate surface area is 148 Å². The Hall–Kier alpha value is -2.37. The van der Waals surface area contributed by atoms with E-state index in [1.54, 1.807) is 30.3 Å². The van der Waals surface area contributed by atoms with Gasteiger partial charge in [0.2, 0.25) is 0 Å². The van der Waals surface area contributed by atoms with Crippen molar-refractivity contribution in [3.8, 4) is 11.5 Å². The van der Waals surface area contributed by atoms with Gasteiger partial charge in [-0.3, -0.25) is 4.79 Å². The number of fused-ring (bicyclic) bond motifs is 1. The molecule has 3 aromatic rings. The van der Waals surface area contributed by atoms with Gasteiger partial charge in [-0.2, -0.15) is 0 Å². The number of ether oxygens (including phenoxy) is 2. The van der Waals surface area contributed by atoms with Crippen LogP contribution in [-0.2, 0) is 0 Å². The molecule has 0 radical (unpaired) electrons. The van der Waals surface area contributed by atoms with E-state index in [1.165, 1.54) is 14.2 Å². The molecule has 2 aromatic carbocycles. The van der Waals surface area contributed by atoms with Crippen LogP contribution in [0, 0.1) is 0 Å². The molecular weight excluding hydrogens is 351 g/mol. The monoisotopic (exact) mass is 364 g/mol. The van der Waals surface area contributed by atoms with E-state index in [0.29, 0.717) is 32.9 Å². The van der Waals surface area contributed by atoms with Gasteiger partial charge in [0, 0.05) is 28.1 Å². The van der Waals surface area contributed by atoms with Crippen molar-refractivity contribution in [1.29, 1.82) is 0 Å². The number of amides is 1. The van der Waals surface area contributed by atoms with Crippen LogP contribution in [0.2, 0.25) is 10.0 Å². The summed E-state index contributed by atoms with van der Waals surface area (Å²) in [5.74, 6) is 0.564. The highest BCUT2D eigenvalue weighted by atomic mass is 35.5. The number of halogens is 2. The van der Waals surface area contributed by atoms with E-state index in [1.807, 2.05) is 6.07 Å². The molecule has 0 saturated heterocycles. The van der Waals surface area contributed by atoms with Crippen molar-refractivity contribution in [1.82, 2.24) is 4.98 Å². The number of hydrogen-bond acceptors (Lipinski definition) is 3. The fourth-order valence-electron chi connectivity index (χ4n) is 2.37. The SMILES string of the molecule is COc1cc(NC(=O)c2cc3ccc(Cl)cc3[nH]2)c(OC)cc1Cl. The number of aromatic nitrogens is 1. The topological polar surface area (TPSA) is 63.3 Å². The summed E-state index contributed by atoms with van der Waals surface area (Å²) in [4.78, 5) is 15.6. The molecule has 0 fully saturated rings. The highest BCUT2D eigenvalue weighted by Crippen LogP contribution is 2.36. The molecule has 0 aliphatic rings. The number of anilines is 1. The highest BCUT2D eigenvalue weighted by Gasteiger charge is 2.15. The van der Waals surface area contributed by atoms with Gasteiger partial charge in [0.25, 0.3) is 5.91 Å². The Morgan fingerprint density at radius 2 is 1.79 bits per heavy atom. The molecule has 1 amide bonds. The lowest BCUT2D eigenvalue weighted by molar-refractivity contribution is 0.102. The van der Waals surface area contributed by atoms with Crippen LogP contribution in [0.1, 0.15) is 10.5 Å². The molecule has 3 rings (SSSR count). The summed E-state index contributed by atoms with van der Waals surface area (Å²) in [5.41, 5.74) is 1.65. The van der Waals surface area contributed by atoms with Gasteiger partial charge in [0.05, 0.1) is 24.9 Å². The van der Waals surface area contributed by atoms with E-state index in [-0.39, 0.29) is 5.91 Å². The maximum absolute atomic E-state index is 12.5. The van der Waals surface area contributed by atoms with Crippen molar-refractivity contribution in [3.63, 3.8) is 0 Å². The maximum Gasteiger partial charge on any atom is 0.272 e. The van der Waals surface area contributed by atoms with E-state index in [4.69, 9.17) is 32.7 Å². The average molecular weight is 365 g/mol. The second-order valence-electron chi connectivity index (χ2n) is 5.06. The molecule has 0 spiro atoms. The molecule has 0 aliphatic carbocycles. The average Bonchev–Trinajstić information content (AvgIpc) is 2.99. The third kappa shape index (κ3) is 3.13. The van der Waals surface area contributed by atoms with Gasteiger partial charge in [-0.1, -0.05) is 29.3 Å². The molecule has 5 nitrogen and oxygen atoms in total. The number of H-pyrrole nitrogens is 1. The maximum atomic E-state index is 12.5. The van der Waals surface area contributed by atoms with Gasteiger partial charge in [0.15, 0.2) is 0 Å². The number of carbonyl (C=O) groups is 1. The first kappa shape index (κ1) is 16.5. The van der Waals surface area contributed by atoms with Gasteiger partial charge in [-0.05, 0) is 18.2 Å². The van der Waals surface area contributed by atoms with Gasteiger partial charge in [-0.25, -0.2) is 0 Å². The fraction of sp³-hybridized carbons (Fsp3) is 0.118. The first-order valence-corrected chi connectivity index (χ1v) is 7.78. The number of methoxy groups -OCH3 is 2. The standard InChI is InChI=1S/C17H14Cl2N2O3/c1-23-15-8-13(16(24-2)7-11(15)19)21-17(22)14-5-9-3-4-10(18)6-12(9)20-14/h3-8,20H,1-2H3,(H,21,22). The first-order chi connectivity index (χ1) is 11.5.